The van der Waals surface area contributed by atoms with Gasteiger partial charge in [-0.1, -0.05) is 6.92 Å². The number of anilines is 2. The molecular weight excluding hydrogens is 414 g/mol. The van der Waals surface area contributed by atoms with E-state index >= 15 is 0 Å². The van der Waals surface area contributed by atoms with Crippen LogP contribution in [0, 0.1) is 6.92 Å². The van der Waals surface area contributed by atoms with Crippen LogP contribution in [0.25, 0.3) is 27.8 Å². The Hall–Kier alpha value is -3.93. The number of rotatable bonds is 4. The summed E-state index contributed by atoms with van der Waals surface area (Å²) in [4.78, 5) is 16.2. The summed E-state index contributed by atoms with van der Waals surface area (Å²) in [6, 6.07) is -0.0446. The first kappa shape index (κ1) is 17.9. The van der Waals surface area contributed by atoms with E-state index in [0.29, 0.717) is 5.82 Å². The predicted molar refractivity (Wildman–Crippen MR) is 114 cm³/mol. The van der Waals surface area contributed by atoms with E-state index < -0.39 is 0 Å². The summed E-state index contributed by atoms with van der Waals surface area (Å²) in [5.74, 6) is 2.98. The molecule has 0 saturated heterocycles. The topological polar surface area (TPSA) is 130 Å². The normalized spacial score (nSPS) is 15.2. The number of nitrogens with one attached hydrogen (secondary N) is 2. The zero-order chi connectivity index (χ0) is 20.9. The molecule has 12 heteroatoms. The molecule has 0 amide bonds. The molecule has 31 heavy (non-hydrogen) atoms. The van der Waals surface area contributed by atoms with E-state index in [0.717, 1.165) is 51.5 Å². The van der Waals surface area contributed by atoms with Gasteiger partial charge in [-0.25, -0.2) is 15.0 Å². The summed E-state index contributed by atoms with van der Waals surface area (Å²) >= 11 is 1.53. The average molecular weight is 431 g/mol. The summed E-state index contributed by atoms with van der Waals surface area (Å²) < 4.78 is 2.03. The maximum atomic E-state index is 5.00. The third-order valence-electron chi connectivity index (χ3n) is 5.35. The van der Waals surface area contributed by atoms with Gasteiger partial charge in [0.2, 0.25) is 0 Å². The van der Waals surface area contributed by atoms with Crippen molar-refractivity contribution in [2.75, 3.05) is 4.90 Å². The van der Waals surface area contributed by atoms with Crippen molar-refractivity contribution in [3.8, 4) is 27.8 Å². The van der Waals surface area contributed by atoms with E-state index in [1.165, 1.54) is 11.3 Å². The van der Waals surface area contributed by atoms with E-state index in [4.69, 9.17) is 4.98 Å². The fourth-order valence-electron chi connectivity index (χ4n) is 4.00. The lowest BCUT2D eigenvalue weighted by Crippen LogP contribution is -2.32. The molecule has 11 nitrogen and oxygen atoms in total. The SMILES string of the molecule is CCC1c2nnc(C)n2-c2cnc(-c3cn[nH]c3-c3nccs3)nc2N1c1cn[nH]c1. The standard InChI is InChI=1S/C19H17N11S/c1-3-13-18-28-26-10(2)29(18)14-9-21-16(25-17(14)30(13)11-6-22-23-7-11)12-8-24-27-15(12)19-20-4-5-31-19/h4-9,13H,3H2,1-2H3,(H,22,23)(H,24,27). The number of aromatic amines is 2. The van der Waals surface area contributed by atoms with Crippen molar-refractivity contribution in [1.82, 2.24) is 50.1 Å². The molecule has 0 aliphatic carbocycles. The van der Waals surface area contributed by atoms with Gasteiger partial charge in [0.05, 0.1) is 35.9 Å². The molecule has 0 fully saturated rings. The summed E-state index contributed by atoms with van der Waals surface area (Å²) in [6.07, 6.45) is 9.77. The van der Waals surface area contributed by atoms with Crippen LogP contribution in [0.4, 0.5) is 11.5 Å². The first-order valence-corrected chi connectivity index (χ1v) is 10.6. The number of fused-ring (bicyclic) bond motifs is 3. The van der Waals surface area contributed by atoms with Crippen LogP contribution in [0.3, 0.4) is 0 Å². The molecule has 2 N–H and O–H groups in total. The molecule has 1 aliphatic heterocycles. The molecular formula is C19H17N11S. The number of hydrogen-bond acceptors (Lipinski definition) is 9. The van der Waals surface area contributed by atoms with Crippen molar-refractivity contribution in [2.45, 2.75) is 26.3 Å². The second kappa shape index (κ2) is 6.80. The number of aryl methyl sites for hydroxylation is 1. The van der Waals surface area contributed by atoms with Gasteiger partial charge in [-0.15, -0.1) is 21.5 Å². The highest BCUT2D eigenvalue weighted by Crippen LogP contribution is 2.44. The van der Waals surface area contributed by atoms with Crippen molar-refractivity contribution < 1.29 is 0 Å². The number of thiazole rings is 1. The number of hydrogen-bond donors (Lipinski definition) is 2. The highest BCUT2D eigenvalue weighted by atomic mass is 32.1. The highest BCUT2D eigenvalue weighted by molar-refractivity contribution is 7.13. The molecule has 154 valence electrons. The Morgan fingerprint density at radius 2 is 2.06 bits per heavy atom. The van der Waals surface area contributed by atoms with Crippen molar-refractivity contribution in [1.29, 1.82) is 0 Å². The Bertz CT molecular complexity index is 1350. The van der Waals surface area contributed by atoms with Crippen LogP contribution in [0.2, 0.25) is 0 Å². The van der Waals surface area contributed by atoms with Crippen LogP contribution in [0.15, 0.2) is 36.4 Å². The van der Waals surface area contributed by atoms with Crippen molar-refractivity contribution in [3.05, 3.63) is 48.0 Å². The average Bonchev–Trinajstić information content (AvgIpc) is 3.59. The van der Waals surface area contributed by atoms with Crippen molar-refractivity contribution >= 4 is 22.8 Å². The Morgan fingerprint density at radius 1 is 1.13 bits per heavy atom. The van der Waals surface area contributed by atoms with Gasteiger partial charge in [0.25, 0.3) is 0 Å². The molecule has 1 atom stereocenters. The molecule has 0 aromatic carbocycles. The molecule has 1 unspecified atom stereocenters. The molecule has 5 aromatic heterocycles. The smallest absolute Gasteiger partial charge is 0.165 e. The van der Waals surface area contributed by atoms with Crippen LogP contribution >= 0.6 is 11.3 Å². The molecule has 6 heterocycles. The van der Waals surface area contributed by atoms with E-state index in [-0.39, 0.29) is 6.04 Å². The number of nitrogens with zero attached hydrogens (tertiary/aromatic N) is 9. The zero-order valence-corrected chi connectivity index (χ0v) is 17.5. The van der Waals surface area contributed by atoms with Gasteiger partial charge in [-0.3, -0.25) is 14.8 Å². The number of H-pyrrole nitrogens is 2. The minimum absolute atomic E-state index is 0.0446. The van der Waals surface area contributed by atoms with Crippen molar-refractivity contribution in [2.24, 2.45) is 0 Å². The lowest BCUT2D eigenvalue weighted by molar-refractivity contribution is 0.588. The fraction of sp³-hybridized carbons (Fsp3) is 0.211. The Morgan fingerprint density at radius 3 is 2.84 bits per heavy atom. The Kier molecular flexibility index (Phi) is 3.93. The quantitative estimate of drug-likeness (QED) is 0.444. The van der Waals surface area contributed by atoms with Crippen LogP contribution in [-0.4, -0.2) is 50.1 Å². The van der Waals surface area contributed by atoms with Gasteiger partial charge < -0.3 is 4.90 Å². The second-order valence-electron chi connectivity index (χ2n) is 7.09. The molecule has 1 aliphatic rings. The van der Waals surface area contributed by atoms with Gasteiger partial charge in [0, 0.05) is 17.8 Å². The van der Waals surface area contributed by atoms with Crippen LogP contribution in [0.1, 0.15) is 31.0 Å². The van der Waals surface area contributed by atoms with Gasteiger partial charge in [0.15, 0.2) is 17.5 Å². The summed E-state index contributed by atoms with van der Waals surface area (Å²) in [6.45, 7) is 4.06. The van der Waals surface area contributed by atoms with Gasteiger partial charge in [-0.05, 0) is 13.3 Å². The lowest BCUT2D eigenvalue weighted by atomic mass is 10.1. The minimum atomic E-state index is -0.0446. The molecule has 0 bridgehead atoms. The molecule has 0 radical (unpaired) electrons. The Balaban J connectivity index is 1.58. The third-order valence-corrected chi connectivity index (χ3v) is 6.14. The maximum absolute atomic E-state index is 5.00. The number of aromatic nitrogens is 10. The minimum Gasteiger partial charge on any atom is -0.311 e. The first-order valence-electron chi connectivity index (χ1n) is 9.77. The molecule has 0 saturated carbocycles. The highest BCUT2D eigenvalue weighted by Gasteiger charge is 2.36. The van der Waals surface area contributed by atoms with Crippen LogP contribution < -0.4 is 4.90 Å². The molecule has 6 rings (SSSR count). The largest absolute Gasteiger partial charge is 0.311 e. The molecule has 0 spiro atoms. The van der Waals surface area contributed by atoms with E-state index in [2.05, 4.69) is 52.4 Å². The monoisotopic (exact) mass is 431 g/mol. The van der Waals surface area contributed by atoms with E-state index in [9.17, 15) is 0 Å². The summed E-state index contributed by atoms with van der Waals surface area (Å²) in [5.41, 5.74) is 3.32. The van der Waals surface area contributed by atoms with Crippen molar-refractivity contribution in [3.63, 3.8) is 0 Å². The third kappa shape index (κ3) is 2.61. The van der Waals surface area contributed by atoms with Gasteiger partial charge in [-0.2, -0.15) is 10.2 Å². The maximum Gasteiger partial charge on any atom is 0.165 e. The van der Waals surface area contributed by atoms with Gasteiger partial charge >= 0.3 is 0 Å². The van der Waals surface area contributed by atoms with Gasteiger partial charge in [0.1, 0.15) is 22.2 Å². The zero-order valence-electron chi connectivity index (χ0n) is 16.7. The van der Waals surface area contributed by atoms with Crippen LogP contribution in [0.5, 0.6) is 0 Å². The van der Waals surface area contributed by atoms with E-state index in [1.54, 1.807) is 18.6 Å². The first-order chi connectivity index (χ1) is 15.3. The fourth-order valence-corrected chi connectivity index (χ4v) is 4.64. The molecule has 5 aromatic rings. The summed E-state index contributed by atoms with van der Waals surface area (Å²) in [7, 11) is 0. The lowest BCUT2D eigenvalue weighted by Gasteiger charge is -2.36. The van der Waals surface area contributed by atoms with Crippen LogP contribution in [-0.2, 0) is 0 Å². The summed E-state index contributed by atoms with van der Waals surface area (Å²) in [5, 5.41) is 25.8. The predicted octanol–water partition coefficient (Wildman–Crippen LogP) is 3.21. The van der Waals surface area contributed by atoms with E-state index in [1.807, 2.05) is 29.3 Å². The Labute approximate surface area is 180 Å². The second-order valence-corrected chi connectivity index (χ2v) is 7.98.